The van der Waals surface area contributed by atoms with E-state index in [0.29, 0.717) is 0 Å². The Hall–Kier alpha value is -0.400. The smallest absolute Gasteiger partial charge is 0.0656 e. The molecule has 2 aromatic rings. The molecule has 0 fully saturated rings. The van der Waals surface area contributed by atoms with Gasteiger partial charge in [-0.3, -0.25) is 4.68 Å². The average molecular weight is 319 g/mol. The maximum atomic E-state index is 6.09. The normalized spacial score (nSPS) is 13.1. The average Bonchev–Trinajstić information content (AvgIpc) is 2.73. The highest BCUT2D eigenvalue weighted by Crippen LogP contribution is 2.25. The number of hydrogen-bond acceptors (Lipinski definition) is 3. The van der Waals surface area contributed by atoms with E-state index >= 15 is 0 Å². The molecule has 2 N–H and O–H groups in total. The molecule has 2 rings (SSSR count). The second-order valence-electron chi connectivity index (χ2n) is 3.11. The standard InChI is InChI=1S/C9H10IN3S/c1-13-4-7(3-12-13)9(11)6-2-8(10)14-5-6/h2-5,9H,11H2,1H3. The minimum Gasteiger partial charge on any atom is -0.320 e. The zero-order valence-electron chi connectivity index (χ0n) is 7.64. The zero-order valence-corrected chi connectivity index (χ0v) is 10.6. The van der Waals surface area contributed by atoms with E-state index in [4.69, 9.17) is 5.73 Å². The number of aromatic nitrogens is 2. The maximum Gasteiger partial charge on any atom is 0.0656 e. The van der Waals surface area contributed by atoms with Crippen LogP contribution in [0, 0.1) is 2.88 Å². The van der Waals surface area contributed by atoms with Crippen LogP contribution in [-0.4, -0.2) is 9.78 Å². The van der Waals surface area contributed by atoms with Crippen molar-refractivity contribution in [1.29, 1.82) is 0 Å². The summed E-state index contributed by atoms with van der Waals surface area (Å²) in [6, 6.07) is 2.06. The predicted octanol–water partition coefficient (Wildman–Crippen LogP) is 2.13. The van der Waals surface area contributed by atoms with Crippen LogP contribution in [-0.2, 0) is 7.05 Å². The lowest BCUT2D eigenvalue weighted by atomic mass is 10.1. The molecule has 0 saturated carbocycles. The predicted molar refractivity (Wildman–Crippen MR) is 66.3 cm³/mol. The van der Waals surface area contributed by atoms with Crippen molar-refractivity contribution in [3.05, 3.63) is 37.9 Å². The van der Waals surface area contributed by atoms with Gasteiger partial charge in [-0.25, -0.2) is 0 Å². The molecule has 0 aliphatic carbocycles. The molecule has 0 aliphatic heterocycles. The molecule has 0 radical (unpaired) electrons. The van der Waals surface area contributed by atoms with Gasteiger partial charge in [0.05, 0.1) is 15.1 Å². The first kappa shape index (κ1) is 10.1. The summed E-state index contributed by atoms with van der Waals surface area (Å²) in [6.45, 7) is 0. The first-order chi connectivity index (χ1) is 6.66. The van der Waals surface area contributed by atoms with Crippen molar-refractivity contribution < 1.29 is 0 Å². The minimum atomic E-state index is -0.0523. The Balaban J connectivity index is 2.28. The van der Waals surface area contributed by atoms with Crippen LogP contribution in [0.3, 0.4) is 0 Å². The van der Waals surface area contributed by atoms with E-state index in [1.165, 1.54) is 2.88 Å². The Kier molecular flexibility index (Phi) is 2.89. The van der Waals surface area contributed by atoms with Crippen LogP contribution < -0.4 is 5.73 Å². The molecule has 2 aromatic heterocycles. The van der Waals surface area contributed by atoms with E-state index in [-0.39, 0.29) is 6.04 Å². The Morgan fingerprint density at radius 2 is 2.36 bits per heavy atom. The Bertz CT molecular complexity index is 394. The van der Waals surface area contributed by atoms with E-state index in [2.05, 4.69) is 39.1 Å². The lowest BCUT2D eigenvalue weighted by Crippen LogP contribution is -2.09. The molecule has 14 heavy (non-hydrogen) atoms. The molecular weight excluding hydrogens is 309 g/mol. The number of hydrogen-bond donors (Lipinski definition) is 1. The van der Waals surface area contributed by atoms with Crippen LogP contribution in [0.15, 0.2) is 23.8 Å². The fraction of sp³-hybridized carbons (Fsp3) is 0.222. The highest BCUT2D eigenvalue weighted by Gasteiger charge is 2.11. The molecule has 1 unspecified atom stereocenters. The molecule has 3 nitrogen and oxygen atoms in total. The summed E-state index contributed by atoms with van der Waals surface area (Å²) in [5.74, 6) is 0. The number of nitrogens with two attached hydrogens (primary N) is 1. The van der Waals surface area contributed by atoms with Gasteiger partial charge in [0.25, 0.3) is 0 Å². The van der Waals surface area contributed by atoms with Crippen molar-refractivity contribution in [2.75, 3.05) is 0 Å². The van der Waals surface area contributed by atoms with Crippen LogP contribution in [0.1, 0.15) is 17.2 Å². The summed E-state index contributed by atoms with van der Waals surface area (Å²) >= 11 is 4.01. The van der Waals surface area contributed by atoms with E-state index in [1.807, 2.05) is 19.4 Å². The van der Waals surface area contributed by atoms with Gasteiger partial charge in [-0.1, -0.05) is 0 Å². The van der Waals surface area contributed by atoms with Gasteiger partial charge in [0.15, 0.2) is 0 Å². The molecule has 5 heteroatoms. The van der Waals surface area contributed by atoms with Gasteiger partial charge in [-0.2, -0.15) is 5.10 Å². The van der Waals surface area contributed by atoms with Gasteiger partial charge < -0.3 is 5.73 Å². The lowest BCUT2D eigenvalue weighted by molar-refractivity contribution is 0.765. The number of nitrogens with zero attached hydrogens (tertiary/aromatic N) is 2. The van der Waals surface area contributed by atoms with Gasteiger partial charge in [0.2, 0.25) is 0 Å². The first-order valence-corrected chi connectivity index (χ1v) is 6.10. The lowest BCUT2D eigenvalue weighted by Gasteiger charge is -2.05. The van der Waals surface area contributed by atoms with E-state index in [9.17, 15) is 0 Å². The molecule has 0 aliphatic rings. The summed E-state index contributed by atoms with van der Waals surface area (Å²) in [5, 5.41) is 6.20. The van der Waals surface area contributed by atoms with E-state index < -0.39 is 0 Å². The molecule has 2 heterocycles. The molecular formula is C9H10IN3S. The van der Waals surface area contributed by atoms with Gasteiger partial charge in [0, 0.05) is 18.8 Å². The van der Waals surface area contributed by atoms with Crippen molar-refractivity contribution in [2.24, 2.45) is 12.8 Å². The summed E-state index contributed by atoms with van der Waals surface area (Å²) < 4.78 is 3.03. The van der Waals surface area contributed by atoms with Crippen molar-refractivity contribution in [3.8, 4) is 0 Å². The summed E-state index contributed by atoms with van der Waals surface area (Å²) in [4.78, 5) is 0. The van der Waals surface area contributed by atoms with E-state index in [0.717, 1.165) is 11.1 Å². The Morgan fingerprint density at radius 3 is 2.86 bits per heavy atom. The quantitative estimate of drug-likeness (QED) is 0.862. The highest BCUT2D eigenvalue weighted by atomic mass is 127. The number of thiophene rings is 1. The number of aryl methyl sites for hydroxylation is 1. The van der Waals surface area contributed by atoms with Crippen LogP contribution in [0.4, 0.5) is 0 Å². The molecule has 0 amide bonds. The van der Waals surface area contributed by atoms with Crippen LogP contribution >= 0.6 is 33.9 Å². The Labute approximate surface area is 100 Å². The highest BCUT2D eigenvalue weighted by molar-refractivity contribution is 14.1. The molecule has 74 valence electrons. The SMILES string of the molecule is Cn1cc(C(N)c2csc(I)c2)cn1. The summed E-state index contributed by atoms with van der Waals surface area (Å²) in [6.07, 6.45) is 3.77. The second kappa shape index (κ2) is 4.00. The fourth-order valence-corrected chi connectivity index (χ4v) is 2.69. The number of halogens is 1. The van der Waals surface area contributed by atoms with Gasteiger partial charge in [-0.05, 0) is 39.6 Å². The first-order valence-electron chi connectivity index (χ1n) is 4.15. The summed E-state index contributed by atoms with van der Waals surface area (Å²) in [5.41, 5.74) is 8.31. The third-order valence-corrected chi connectivity index (χ3v) is 3.84. The van der Waals surface area contributed by atoms with Gasteiger partial charge in [-0.15, -0.1) is 11.3 Å². The maximum absolute atomic E-state index is 6.09. The van der Waals surface area contributed by atoms with Crippen molar-refractivity contribution >= 4 is 33.9 Å². The minimum absolute atomic E-state index is 0.0523. The largest absolute Gasteiger partial charge is 0.320 e. The third-order valence-electron chi connectivity index (χ3n) is 2.03. The van der Waals surface area contributed by atoms with Crippen molar-refractivity contribution in [1.82, 2.24) is 9.78 Å². The van der Waals surface area contributed by atoms with Crippen molar-refractivity contribution in [2.45, 2.75) is 6.04 Å². The third kappa shape index (κ3) is 1.99. The van der Waals surface area contributed by atoms with Crippen LogP contribution in [0.25, 0.3) is 0 Å². The fourth-order valence-electron chi connectivity index (χ4n) is 1.28. The van der Waals surface area contributed by atoms with Crippen LogP contribution in [0.5, 0.6) is 0 Å². The summed E-state index contributed by atoms with van der Waals surface area (Å²) in [7, 11) is 1.90. The molecule has 0 spiro atoms. The van der Waals surface area contributed by atoms with Crippen LogP contribution in [0.2, 0.25) is 0 Å². The van der Waals surface area contributed by atoms with Gasteiger partial charge >= 0.3 is 0 Å². The number of rotatable bonds is 2. The van der Waals surface area contributed by atoms with Gasteiger partial charge in [0.1, 0.15) is 0 Å². The topological polar surface area (TPSA) is 43.8 Å². The van der Waals surface area contributed by atoms with E-state index in [1.54, 1.807) is 16.0 Å². The molecule has 0 bridgehead atoms. The van der Waals surface area contributed by atoms with Crippen molar-refractivity contribution in [3.63, 3.8) is 0 Å². The molecule has 0 saturated heterocycles. The Morgan fingerprint density at radius 1 is 1.57 bits per heavy atom. The molecule has 1 atom stereocenters. The monoisotopic (exact) mass is 319 g/mol. The second-order valence-corrected chi connectivity index (χ2v) is 5.91. The zero-order chi connectivity index (χ0) is 10.1. The molecule has 0 aromatic carbocycles.